The maximum atomic E-state index is 13.9. The third kappa shape index (κ3) is 5.23. The topological polar surface area (TPSA) is 106 Å². The van der Waals surface area contributed by atoms with Crippen LogP contribution >= 0.6 is 11.6 Å². The van der Waals surface area contributed by atoms with E-state index in [0.29, 0.717) is 68.6 Å². The number of nitrogens with one attached hydrogen (secondary N) is 2. The molecule has 2 N–H and O–H groups in total. The van der Waals surface area contributed by atoms with E-state index < -0.39 is 17.6 Å². The number of halogens is 4. The van der Waals surface area contributed by atoms with Crippen molar-refractivity contribution in [1.82, 2.24) is 24.5 Å². The van der Waals surface area contributed by atoms with Gasteiger partial charge in [0.25, 0.3) is 5.56 Å². The molecule has 0 spiro atoms. The number of aromatic nitrogens is 4. The normalized spacial score (nSPS) is 15.3. The first-order valence-electron chi connectivity index (χ1n) is 13.5. The van der Waals surface area contributed by atoms with Crippen molar-refractivity contribution in [2.75, 3.05) is 36.4 Å². The minimum atomic E-state index is -4.57. The Morgan fingerprint density at radius 2 is 1.88 bits per heavy atom. The number of fused-ring (bicyclic) bond motifs is 2. The van der Waals surface area contributed by atoms with E-state index in [-0.39, 0.29) is 28.6 Å². The molecule has 0 aliphatic carbocycles. The molecular weight excluding hydrogens is 575 g/mol. The molecule has 1 saturated heterocycles. The largest absolute Gasteiger partial charge is 0.416 e. The fourth-order valence-corrected chi connectivity index (χ4v) is 5.61. The predicted octanol–water partition coefficient (Wildman–Crippen LogP) is 3.87. The number of hydrogen-bond donors (Lipinski definition) is 2. The zero-order chi connectivity index (χ0) is 29.6. The molecule has 0 unspecified atom stereocenters. The second-order valence-corrected chi connectivity index (χ2v) is 10.5. The first-order valence-corrected chi connectivity index (χ1v) is 13.9. The molecule has 4 heterocycles. The van der Waals surface area contributed by atoms with E-state index in [1.807, 2.05) is 30.0 Å². The average Bonchev–Trinajstić information content (AvgIpc) is 3.63. The van der Waals surface area contributed by atoms with Gasteiger partial charge in [-0.2, -0.15) is 22.7 Å². The molecule has 0 atom stereocenters. The maximum Gasteiger partial charge on any atom is 0.416 e. The number of alkyl halides is 3. The van der Waals surface area contributed by atoms with Crippen LogP contribution in [0.25, 0.3) is 17.2 Å². The highest BCUT2D eigenvalue weighted by Gasteiger charge is 2.31. The van der Waals surface area contributed by atoms with Crippen LogP contribution < -0.4 is 21.1 Å². The van der Waals surface area contributed by atoms with Gasteiger partial charge in [0, 0.05) is 31.7 Å². The van der Waals surface area contributed by atoms with Crippen molar-refractivity contribution in [2.45, 2.75) is 39.3 Å². The lowest BCUT2D eigenvalue weighted by atomic mass is 10.1. The lowest BCUT2D eigenvalue weighted by molar-refractivity contribution is -0.137. The summed E-state index contributed by atoms with van der Waals surface area (Å²) in [5, 5.41) is 10.2. The molecule has 10 nitrogen and oxygen atoms in total. The molecule has 2 aromatic heterocycles. The highest BCUT2D eigenvalue weighted by Crippen LogP contribution is 2.34. The van der Waals surface area contributed by atoms with Gasteiger partial charge in [-0.15, -0.1) is 5.10 Å². The quantitative estimate of drug-likeness (QED) is 0.346. The molecule has 14 heteroatoms. The number of nitrogens with zero attached hydrogens (tertiary/aromatic N) is 5. The molecule has 2 aromatic carbocycles. The summed E-state index contributed by atoms with van der Waals surface area (Å²) >= 11 is 6.08. The van der Waals surface area contributed by atoms with Crippen LogP contribution in [-0.4, -0.2) is 51.3 Å². The van der Waals surface area contributed by atoms with Gasteiger partial charge in [-0.1, -0.05) is 30.7 Å². The molecular formula is C28H27ClF3N7O3. The van der Waals surface area contributed by atoms with Crippen molar-refractivity contribution in [1.29, 1.82) is 0 Å². The van der Waals surface area contributed by atoms with E-state index in [1.54, 1.807) is 4.57 Å². The summed E-state index contributed by atoms with van der Waals surface area (Å²) in [5.74, 6) is -0.0557. The van der Waals surface area contributed by atoms with Gasteiger partial charge in [-0.3, -0.25) is 9.59 Å². The highest BCUT2D eigenvalue weighted by molar-refractivity contribution is 6.33. The van der Waals surface area contributed by atoms with Gasteiger partial charge in [0.05, 0.1) is 35.2 Å². The predicted molar refractivity (Wildman–Crippen MR) is 151 cm³/mol. The molecule has 1 amide bonds. The fourth-order valence-electron chi connectivity index (χ4n) is 5.38. The second kappa shape index (κ2) is 11.0. The minimum absolute atomic E-state index is 0.0367. The van der Waals surface area contributed by atoms with Crippen molar-refractivity contribution < 1.29 is 22.7 Å². The SMILES string of the molecule is CCc1c(N2CCNCC2)c(=O)n2nc(-c3ccc4c(c3)COC4)nc2n1CC(=O)Nc1ccc(C(F)(F)F)cc1Cl. The average molecular weight is 602 g/mol. The van der Waals surface area contributed by atoms with Crippen LogP contribution in [-0.2, 0) is 41.9 Å². The van der Waals surface area contributed by atoms with Gasteiger partial charge in [0.1, 0.15) is 12.2 Å². The lowest BCUT2D eigenvalue weighted by Crippen LogP contribution is -2.47. The Morgan fingerprint density at radius 3 is 2.60 bits per heavy atom. The Hall–Kier alpha value is -3.94. The molecule has 2 aliphatic heterocycles. The van der Waals surface area contributed by atoms with Gasteiger partial charge in [-0.05, 0) is 41.8 Å². The van der Waals surface area contributed by atoms with Crippen LogP contribution in [0.15, 0.2) is 41.2 Å². The number of anilines is 2. The van der Waals surface area contributed by atoms with E-state index >= 15 is 0 Å². The zero-order valence-electron chi connectivity index (χ0n) is 22.6. The summed E-state index contributed by atoms with van der Waals surface area (Å²) in [6.45, 7) is 5.17. The van der Waals surface area contributed by atoms with Crippen LogP contribution in [0, 0.1) is 0 Å². The van der Waals surface area contributed by atoms with Gasteiger partial charge < -0.3 is 24.8 Å². The van der Waals surface area contributed by atoms with Crippen LogP contribution in [0.3, 0.4) is 0 Å². The second-order valence-electron chi connectivity index (χ2n) is 10.1. The number of carbonyl (C=O) groups excluding carboxylic acids is 1. The van der Waals surface area contributed by atoms with Gasteiger partial charge in [0.15, 0.2) is 5.82 Å². The van der Waals surface area contributed by atoms with Gasteiger partial charge >= 0.3 is 6.18 Å². The highest BCUT2D eigenvalue weighted by atomic mass is 35.5. The van der Waals surface area contributed by atoms with E-state index in [9.17, 15) is 22.8 Å². The van der Waals surface area contributed by atoms with Crippen LogP contribution in [0.2, 0.25) is 5.02 Å². The smallest absolute Gasteiger partial charge is 0.372 e. The number of ether oxygens (including phenoxy) is 1. The Morgan fingerprint density at radius 1 is 1.12 bits per heavy atom. The Labute approximate surface area is 243 Å². The van der Waals surface area contributed by atoms with Crippen LogP contribution in [0.4, 0.5) is 24.5 Å². The minimum Gasteiger partial charge on any atom is -0.372 e. The Kier molecular flexibility index (Phi) is 7.41. The summed E-state index contributed by atoms with van der Waals surface area (Å²) < 4.78 is 47.6. The summed E-state index contributed by atoms with van der Waals surface area (Å²) in [7, 11) is 0. The molecule has 0 radical (unpaired) electrons. The molecule has 2 aliphatic rings. The fraction of sp³-hybridized carbons (Fsp3) is 0.357. The first kappa shape index (κ1) is 28.2. The number of rotatable bonds is 6. The van der Waals surface area contributed by atoms with Crippen molar-refractivity contribution >= 4 is 34.7 Å². The lowest BCUT2D eigenvalue weighted by Gasteiger charge is -2.31. The number of hydrogen-bond acceptors (Lipinski definition) is 7. The molecule has 0 bridgehead atoms. The number of benzene rings is 2. The third-order valence-corrected chi connectivity index (χ3v) is 7.76. The molecule has 220 valence electrons. The monoisotopic (exact) mass is 601 g/mol. The van der Waals surface area contributed by atoms with E-state index in [1.165, 1.54) is 4.52 Å². The van der Waals surface area contributed by atoms with E-state index in [4.69, 9.17) is 21.3 Å². The summed E-state index contributed by atoms with van der Waals surface area (Å²) in [5.41, 5.74) is 2.62. The summed E-state index contributed by atoms with van der Waals surface area (Å²) in [4.78, 5) is 33.9. The molecule has 6 rings (SSSR count). The van der Waals surface area contributed by atoms with Crippen molar-refractivity contribution in [3.8, 4) is 11.4 Å². The summed E-state index contributed by atoms with van der Waals surface area (Å²) in [6.07, 6.45) is -4.15. The van der Waals surface area contributed by atoms with Crippen molar-refractivity contribution in [3.05, 3.63) is 74.2 Å². The summed E-state index contributed by atoms with van der Waals surface area (Å²) in [6, 6.07) is 8.48. The Balaban J connectivity index is 1.43. The number of piperazine rings is 1. The number of amides is 1. The standard InChI is InChI=1S/C28H27ClF3N7O3/c1-2-22-24(37-9-7-33-8-10-37)26(41)39-27(35-25(36-39)16-3-4-17-14-42-15-18(17)11-16)38(22)13-23(40)34-21-6-5-19(12-20(21)29)28(30,31)32/h3-6,11-12,33H,2,7-10,13-15H2,1H3,(H,34,40). The molecule has 0 saturated carbocycles. The van der Waals surface area contributed by atoms with E-state index in [2.05, 4.69) is 15.7 Å². The number of carbonyl (C=O) groups is 1. The molecule has 4 aromatic rings. The van der Waals surface area contributed by atoms with Gasteiger partial charge in [-0.25, -0.2) is 0 Å². The Bertz CT molecular complexity index is 1750. The van der Waals surface area contributed by atoms with Crippen LogP contribution in [0.5, 0.6) is 0 Å². The third-order valence-electron chi connectivity index (χ3n) is 7.45. The maximum absolute atomic E-state index is 13.9. The van der Waals surface area contributed by atoms with Crippen molar-refractivity contribution in [2.24, 2.45) is 0 Å². The van der Waals surface area contributed by atoms with Crippen LogP contribution in [0.1, 0.15) is 29.3 Å². The zero-order valence-corrected chi connectivity index (χ0v) is 23.3. The first-order chi connectivity index (χ1) is 20.1. The molecule has 1 fully saturated rings. The van der Waals surface area contributed by atoms with E-state index in [0.717, 1.165) is 29.3 Å². The molecule has 42 heavy (non-hydrogen) atoms. The van der Waals surface area contributed by atoms with Crippen molar-refractivity contribution in [3.63, 3.8) is 0 Å². The van der Waals surface area contributed by atoms with Gasteiger partial charge in [0.2, 0.25) is 11.7 Å².